The fourth-order valence-electron chi connectivity index (χ4n) is 0.628. The molecule has 1 heterocycles. The summed E-state index contributed by atoms with van der Waals surface area (Å²) in [7, 11) is 0. The summed E-state index contributed by atoms with van der Waals surface area (Å²) >= 11 is 0. The van der Waals surface area contributed by atoms with Gasteiger partial charge in [-0.25, -0.2) is 5.90 Å². The van der Waals surface area contributed by atoms with E-state index in [1.807, 2.05) is 13.0 Å². The minimum absolute atomic E-state index is 0.346. The van der Waals surface area contributed by atoms with Crippen LogP contribution in [0, 0.1) is 6.92 Å². The minimum atomic E-state index is 0.346. The van der Waals surface area contributed by atoms with Gasteiger partial charge in [0.25, 0.3) is 0 Å². The standard InChI is InChI=1S/C6H9NO2/c1-5-2-3-8-6(5)4-9-7/h2-3H,4,7H2,1H3. The third kappa shape index (κ3) is 1.31. The SMILES string of the molecule is Cc1ccoc1CON. The van der Waals surface area contributed by atoms with Gasteiger partial charge in [0.2, 0.25) is 0 Å². The molecule has 0 aliphatic carbocycles. The summed E-state index contributed by atoms with van der Waals surface area (Å²) in [4.78, 5) is 4.37. The van der Waals surface area contributed by atoms with E-state index in [4.69, 9.17) is 10.3 Å². The molecule has 50 valence electrons. The van der Waals surface area contributed by atoms with Crippen LogP contribution in [0.25, 0.3) is 0 Å². The van der Waals surface area contributed by atoms with Crippen LogP contribution in [0.1, 0.15) is 11.3 Å². The lowest BCUT2D eigenvalue weighted by Gasteiger charge is -1.92. The zero-order chi connectivity index (χ0) is 6.69. The van der Waals surface area contributed by atoms with Gasteiger partial charge >= 0.3 is 0 Å². The van der Waals surface area contributed by atoms with Gasteiger partial charge in [-0.2, -0.15) is 0 Å². The Morgan fingerprint density at radius 2 is 2.56 bits per heavy atom. The van der Waals surface area contributed by atoms with E-state index in [1.54, 1.807) is 6.26 Å². The van der Waals surface area contributed by atoms with Crippen LogP contribution in [-0.4, -0.2) is 0 Å². The normalized spacial score (nSPS) is 10.0. The molecule has 0 aromatic carbocycles. The molecule has 2 N–H and O–H groups in total. The van der Waals surface area contributed by atoms with E-state index in [1.165, 1.54) is 0 Å². The highest BCUT2D eigenvalue weighted by atomic mass is 16.6. The first kappa shape index (κ1) is 6.32. The van der Waals surface area contributed by atoms with Crippen molar-refractivity contribution in [3.8, 4) is 0 Å². The van der Waals surface area contributed by atoms with Crippen LogP contribution < -0.4 is 5.90 Å². The fourth-order valence-corrected chi connectivity index (χ4v) is 0.628. The number of hydrogen-bond donors (Lipinski definition) is 1. The molecule has 0 saturated heterocycles. The van der Waals surface area contributed by atoms with Gasteiger partial charge in [-0.05, 0) is 18.6 Å². The Hall–Kier alpha value is -0.800. The quantitative estimate of drug-likeness (QED) is 0.602. The van der Waals surface area contributed by atoms with E-state index in [9.17, 15) is 0 Å². The lowest BCUT2D eigenvalue weighted by atomic mass is 10.3. The maximum Gasteiger partial charge on any atom is 0.134 e. The first-order valence-electron chi connectivity index (χ1n) is 2.69. The molecular formula is C6H9NO2. The molecule has 0 amide bonds. The highest BCUT2D eigenvalue weighted by molar-refractivity contribution is 5.13. The lowest BCUT2D eigenvalue weighted by molar-refractivity contribution is 0.108. The summed E-state index contributed by atoms with van der Waals surface area (Å²) in [6.45, 7) is 2.29. The van der Waals surface area contributed by atoms with Crippen molar-refractivity contribution in [1.82, 2.24) is 0 Å². The Bertz CT molecular complexity index is 183. The van der Waals surface area contributed by atoms with Crippen LogP contribution in [-0.2, 0) is 11.4 Å². The molecule has 0 atom stereocenters. The lowest BCUT2D eigenvalue weighted by Crippen LogP contribution is -1.98. The molecule has 1 aromatic rings. The van der Waals surface area contributed by atoms with Crippen molar-refractivity contribution in [2.45, 2.75) is 13.5 Å². The third-order valence-electron chi connectivity index (χ3n) is 1.18. The molecule has 0 unspecified atom stereocenters. The first-order chi connectivity index (χ1) is 4.34. The molecular weight excluding hydrogens is 118 g/mol. The van der Waals surface area contributed by atoms with E-state index in [0.717, 1.165) is 11.3 Å². The average molecular weight is 127 g/mol. The average Bonchev–Trinajstić information content (AvgIpc) is 2.18. The van der Waals surface area contributed by atoms with Crippen molar-refractivity contribution < 1.29 is 9.25 Å². The summed E-state index contributed by atoms with van der Waals surface area (Å²) in [6, 6.07) is 1.87. The monoisotopic (exact) mass is 127 g/mol. The Morgan fingerprint density at radius 3 is 3.00 bits per heavy atom. The molecule has 0 spiro atoms. The van der Waals surface area contributed by atoms with Gasteiger partial charge in [0.05, 0.1) is 6.26 Å². The van der Waals surface area contributed by atoms with Gasteiger partial charge in [0.15, 0.2) is 0 Å². The molecule has 3 nitrogen and oxygen atoms in total. The summed E-state index contributed by atoms with van der Waals surface area (Å²) in [5.41, 5.74) is 1.07. The number of hydrogen-bond acceptors (Lipinski definition) is 3. The van der Waals surface area contributed by atoms with E-state index < -0.39 is 0 Å². The van der Waals surface area contributed by atoms with Gasteiger partial charge in [0.1, 0.15) is 12.4 Å². The zero-order valence-corrected chi connectivity index (χ0v) is 5.26. The predicted octanol–water partition coefficient (Wildman–Crippen LogP) is 0.978. The molecule has 3 heteroatoms. The summed E-state index contributed by atoms with van der Waals surface area (Å²) in [5, 5.41) is 0. The zero-order valence-electron chi connectivity index (χ0n) is 5.26. The highest BCUT2D eigenvalue weighted by Crippen LogP contribution is 2.08. The van der Waals surface area contributed by atoms with Crippen LogP contribution in [0.5, 0.6) is 0 Å². The second kappa shape index (κ2) is 2.66. The summed E-state index contributed by atoms with van der Waals surface area (Å²) < 4.78 is 5.00. The summed E-state index contributed by atoms with van der Waals surface area (Å²) in [6.07, 6.45) is 1.61. The van der Waals surface area contributed by atoms with Gasteiger partial charge in [-0.15, -0.1) is 0 Å². The number of rotatable bonds is 2. The van der Waals surface area contributed by atoms with E-state index >= 15 is 0 Å². The Balaban J connectivity index is 2.69. The van der Waals surface area contributed by atoms with Crippen molar-refractivity contribution in [3.63, 3.8) is 0 Å². The summed E-state index contributed by atoms with van der Waals surface area (Å²) in [5.74, 6) is 5.62. The van der Waals surface area contributed by atoms with E-state index in [0.29, 0.717) is 6.61 Å². The van der Waals surface area contributed by atoms with Crippen molar-refractivity contribution >= 4 is 0 Å². The smallest absolute Gasteiger partial charge is 0.134 e. The van der Waals surface area contributed by atoms with Gasteiger partial charge in [-0.3, -0.25) is 4.84 Å². The van der Waals surface area contributed by atoms with Crippen LogP contribution in [0.15, 0.2) is 16.7 Å². The molecule has 1 aromatic heterocycles. The van der Waals surface area contributed by atoms with Crippen molar-refractivity contribution in [2.75, 3.05) is 0 Å². The van der Waals surface area contributed by atoms with Crippen LogP contribution >= 0.6 is 0 Å². The van der Waals surface area contributed by atoms with Crippen LogP contribution in [0.3, 0.4) is 0 Å². The molecule has 0 radical (unpaired) electrons. The van der Waals surface area contributed by atoms with Crippen molar-refractivity contribution in [1.29, 1.82) is 0 Å². The minimum Gasteiger partial charge on any atom is -0.467 e. The maximum absolute atomic E-state index is 5.00. The second-order valence-electron chi connectivity index (χ2n) is 1.84. The molecule has 9 heavy (non-hydrogen) atoms. The number of furan rings is 1. The van der Waals surface area contributed by atoms with Crippen LogP contribution in [0.4, 0.5) is 0 Å². The maximum atomic E-state index is 5.00. The topological polar surface area (TPSA) is 48.4 Å². The Labute approximate surface area is 53.4 Å². The predicted molar refractivity (Wildman–Crippen MR) is 32.4 cm³/mol. The molecule has 0 aliphatic rings. The Morgan fingerprint density at radius 1 is 1.78 bits per heavy atom. The van der Waals surface area contributed by atoms with E-state index in [2.05, 4.69) is 4.84 Å². The van der Waals surface area contributed by atoms with Gasteiger partial charge < -0.3 is 4.42 Å². The molecule has 0 aliphatic heterocycles. The van der Waals surface area contributed by atoms with Crippen molar-refractivity contribution in [3.05, 3.63) is 23.7 Å². The molecule has 0 fully saturated rings. The molecule has 0 bridgehead atoms. The highest BCUT2D eigenvalue weighted by Gasteiger charge is 1.98. The van der Waals surface area contributed by atoms with Crippen LogP contribution in [0.2, 0.25) is 0 Å². The Kier molecular flexibility index (Phi) is 1.87. The van der Waals surface area contributed by atoms with Gasteiger partial charge in [0, 0.05) is 0 Å². The van der Waals surface area contributed by atoms with E-state index in [-0.39, 0.29) is 0 Å². The second-order valence-corrected chi connectivity index (χ2v) is 1.84. The third-order valence-corrected chi connectivity index (χ3v) is 1.18. The number of nitrogens with two attached hydrogens (primary N) is 1. The first-order valence-corrected chi connectivity index (χ1v) is 2.69. The van der Waals surface area contributed by atoms with Gasteiger partial charge in [-0.1, -0.05) is 0 Å². The molecule has 1 rings (SSSR count). The van der Waals surface area contributed by atoms with Crippen molar-refractivity contribution in [2.24, 2.45) is 5.90 Å². The fraction of sp³-hybridized carbons (Fsp3) is 0.333. The largest absolute Gasteiger partial charge is 0.467 e. The molecule has 0 saturated carbocycles. The number of aryl methyl sites for hydroxylation is 1.